The number of nitrogens with one attached hydrogen (secondary N) is 1. The van der Waals surface area contributed by atoms with E-state index in [1.165, 1.54) is 12.8 Å². The average Bonchev–Trinajstić information content (AvgIpc) is 3.56. The Balaban J connectivity index is 1.51. The van der Waals surface area contributed by atoms with Crippen molar-refractivity contribution in [1.82, 2.24) is 20.0 Å². The summed E-state index contributed by atoms with van der Waals surface area (Å²) in [4.78, 5) is 26.8. The van der Waals surface area contributed by atoms with Crippen LogP contribution in [0, 0.1) is 0 Å². The number of unbranched alkanes of at least 4 members (excludes halogenated alkanes) is 1. The third kappa shape index (κ3) is 3.64. The number of aromatic hydroxyl groups is 1. The first-order valence-electron chi connectivity index (χ1n) is 11.2. The van der Waals surface area contributed by atoms with E-state index < -0.39 is 0 Å². The third-order valence-corrected chi connectivity index (χ3v) is 6.45. The molecule has 3 heterocycles. The SMILES string of the molecule is CCCCOC(=O)N1CCc2c3c(nn2-c2ccc(C4CC4)cc2O)CC(=O)NC[C@@H]31. The normalized spacial score (nSPS) is 20.1. The molecule has 8 nitrogen and oxygen atoms in total. The molecular weight excluding hydrogens is 396 g/mol. The molecule has 0 unspecified atom stereocenters. The molecule has 0 radical (unpaired) electrons. The average molecular weight is 425 g/mol. The van der Waals surface area contributed by atoms with Gasteiger partial charge in [0.25, 0.3) is 0 Å². The van der Waals surface area contributed by atoms with E-state index in [4.69, 9.17) is 9.84 Å². The summed E-state index contributed by atoms with van der Waals surface area (Å²) in [5.74, 6) is 0.628. The zero-order chi connectivity index (χ0) is 21.5. The fourth-order valence-electron chi connectivity index (χ4n) is 4.64. The van der Waals surface area contributed by atoms with Gasteiger partial charge < -0.3 is 15.2 Å². The maximum atomic E-state index is 12.7. The predicted molar refractivity (Wildman–Crippen MR) is 113 cm³/mol. The van der Waals surface area contributed by atoms with E-state index in [-0.39, 0.29) is 30.2 Å². The molecule has 1 aromatic heterocycles. The van der Waals surface area contributed by atoms with Gasteiger partial charge in [-0.1, -0.05) is 19.4 Å². The van der Waals surface area contributed by atoms with Crippen molar-refractivity contribution < 1.29 is 19.4 Å². The first kappa shape index (κ1) is 19.9. The Labute approximate surface area is 181 Å². The molecule has 8 heteroatoms. The predicted octanol–water partition coefficient (Wildman–Crippen LogP) is 2.96. The number of hydrogen-bond donors (Lipinski definition) is 2. The first-order chi connectivity index (χ1) is 15.1. The largest absolute Gasteiger partial charge is 0.506 e. The van der Waals surface area contributed by atoms with Crippen LogP contribution in [0.15, 0.2) is 18.2 Å². The Hall–Kier alpha value is -3.03. The molecule has 1 aromatic carbocycles. The minimum Gasteiger partial charge on any atom is -0.506 e. The molecule has 1 saturated carbocycles. The van der Waals surface area contributed by atoms with Crippen LogP contribution in [-0.4, -0.2) is 51.5 Å². The van der Waals surface area contributed by atoms with Gasteiger partial charge in [-0.2, -0.15) is 5.10 Å². The Kier molecular flexibility index (Phi) is 5.08. The van der Waals surface area contributed by atoms with Crippen molar-refractivity contribution in [3.63, 3.8) is 0 Å². The lowest BCUT2D eigenvalue weighted by Gasteiger charge is -2.35. The van der Waals surface area contributed by atoms with Crippen LogP contribution in [0.25, 0.3) is 5.69 Å². The summed E-state index contributed by atoms with van der Waals surface area (Å²) in [6.45, 7) is 3.25. The van der Waals surface area contributed by atoms with Crippen LogP contribution in [0.5, 0.6) is 5.75 Å². The van der Waals surface area contributed by atoms with E-state index in [1.54, 1.807) is 9.58 Å². The number of carbonyl (C=O) groups is 2. The van der Waals surface area contributed by atoms with Crippen molar-refractivity contribution >= 4 is 12.0 Å². The number of phenolic OH excluding ortho intramolecular Hbond substituents is 1. The van der Waals surface area contributed by atoms with Crippen LogP contribution < -0.4 is 5.32 Å². The summed E-state index contributed by atoms with van der Waals surface area (Å²) < 4.78 is 7.23. The van der Waals surface area contributed by atoms with Crippen LogP contribution >= 0.6 is 0 Å². The highest BCUT2D eigenvalue weighted by Crippen LogP contribution is 2.43. The lowest BCUT2D eigenvalue weighted by Crippen LogP contribution is -2.44. The molecule has 2 N–H and O–H groups in total. The van der Waals surface area contributed by atoms with Gasteiger partial charge in [-0.25, -0.2) is 9.48 Å². The Morgan fingerprint density at radius 2 is 2.19 bits per heavy atom. The second-order valence-electron chi connectivity index (χ2n) is 8.65. The smallest absolute Gasteiger partial charge is 0.410 e. The van der Waals surface area contributed by atoms with Gasteiger partial charge in [0.1, 0.15) is 11.4 Å². The number of benzene rings is 1. The molecule has 1 aliphatic carbocycles. The van der Waals surface area contributed by atoms with E-state index in [0.717, 1.165) is 29.7 Å². The minimum absolute atomic E-state index is 0.116. The topological polar surface area (TPSA) is 96.7 Å². The molecule has 1 atom stereocenters. The fraction of sp³-hybridized carbons (Fsp3) is 0.522. The zero-order valence-corrected chi connectivity index (χ0v) is 17.8. The number of nitrogens with zero attached hydrogens (tertiary/aromatic N) is 3. The zero-order valence-electron chi connectivity index (χ0n) is 17.8. The van der Waals surface area contributed by atoms with Crippen LogP contribution in [0.1, 0.15) is 67.1 Å². The van der Waals surface area contributed by atoms with Crippen molar-refractivity contribution in [2.24, 2.45) is 0 Å². The Bertz CT molecular complexity index is 1030. The van der Waals surface area contributed by atoms with Crippen LogP contribution in [-0.2, 0) is 22.4 Å². The minimum atomic E-state index is -0.351. The molecule has 31 heavy (non-hydrogen) atoms. The maximum absolute atomic E-state index is 12.7. The summed E-state index contributed by atoms with van der Waals surface area (Å²) in [5.41, 5.74) is 4.28. The van der Waals surface area contributed by atoms with E-state index >= 15 is 0 Å². The van der Waals surface area contributed by atoms with Gasteiger partial charge in [0.2, 0.25) is 5.91 Å². The van der Waals surface area contributed by atoms with E-state index in [9.17, 15) is 14.7 Å². The van der Waals surface area contributed by atoms with E-state index in [2.05, 4.69) is 18.3 Å². The number of phenols is 1. The maximum Gasteiger partial charge on any atom is 0.410 e. The number of carbonyl (C=O) groups excluding carboxylic acids is 2. The standard InChI is InChI=1S/C23H28N4O4/c1-2-3-10-31-23(30)26-9-8-18-22-16(12-21(29)24-13-19(22)26)25-27(18)17-7-6-15(11-20(17)28)14-4-5-14/h6-7,11,14,19,28H,2-5,8-10,12-13H2,1H3,(H,24,29)/t19-/m0/s1. The molecule has 0 spiro atoms. The highest BCUT2D eigenvalue weighted by Gasteiger charge is 2.39. The summed E-state index contributed by atoms with van der Waals surface area (Å²) in [6.07, 6.45) is 4.51. The molecular formula is C23H28N4O4. The second kappa shape index (κ2) is 7.90. The number of aromatic nitrogens is 2. The number of amides is 2. The number of hydrogen-bond acceptors (Lipinski definition) is 5. The lowest BCUT2D eigenvalue weighted by molar-refractivity contribution is -0.120. The highest BCUT2D eigenvalue weighted by molar-refractivity contribution is 5.80. The first-order valence-corrected chi connectivity index (χ1v) is 11.2. The molecule has 2 amide bonds. The molecule has 3 aliphatic rings. The van der Waals surface area contributed by atoms with Gasteiger partial charge >= 0.3 is 6.09 Å². The Morgan fingerprint density at radius 3 is 2.94 bits per heavy atom. The Morgan fingerprint density at radius 1 is 1.35 bits per heavy atom. The van der Waals surface area contributed by atoms with Gasteiger partial charge in [-0.05, 0) is 42.9 Å². The quantitative estimate of drug-likeness (QED) is 0.720. The van der Waals surface area contributed by atoms with Gasteiger partial charge in [0.05, 0.1) is 30.5 Å². The van der Waals surface area contributed by atoms with Gasteiger partial charge in [0.15, 0.2) is 0 Å². The summed E-state index contributed by atoms with van der Waals surface area (Å²) in [5, 5.41) is 18.4. The second-order valence-corrected chi connectivity index (χ2v) is 8.65. The monoisotopic (exact) mass is 424 g/mol. The summed E-state index contributed by atoms with van der Waals surface area (Å²) >= 11 is 0. The van der Waals surface area contributed by atoms with E-state index in [0.29, 0.717) is 43.4 Å². The van der Waals surface area contributed by atoms with Crippen LogP contribution in [0.2, 0.25) is 0 Å². The molecule has 0 saturated heterocycles. The third-order valence-electron chi connectivity index (χ3n) is 6.45. The van der Waals surface area contributed by atoms with Crippen molar-refractivity contribution in [1.29, 1.82) is 0 Å². The van der Waals surface area contributed by atoms with Gasteiger partial charge in [-0.3, -0.25) is 9.69 Å². The number of rotatable bonds is 5. The molecule has 164 valence electrons. The van der Waals surface area contributed by atoms with Gasteiger partial charge in [-0.15, -0.1) is 0 Å². The number of ether oxygens (including phenoxy) is 1. The summed E-state index contributed by atoms with van der Waals surface area (Å²) in [7, 11) is 0. The summed E-state index contributed by atoms with van der Waals surface area (Å²) in [6, 6.07) is 5.47. The fourth-order valence-corrected chi connectivity index (χ4v) is 4.64. The highest BCUT2D eigenvalue weighted by atomic mass is 16.6. The van der Waals surface area contributed by atoms with Crippen LogP contribution in [0.4, 0.5) is 4.79 Å². The van der Waals surface area contributed by atoms with Crippen molar-refractivity contribution in [2.45, 2.75) is 57.4 Å². The molecule has 1 fully saturated rings. The lowest BCUT2D eigenvalue weighted by atomic mass is 9.96. The van der Waals surface area contributed by atoms with Gasteiger partial charge in [0, 0.05) is 25.1 Å². The van der Waals surface area contributed by atoms with E-state index in [1.807, 2.05) is 12.1 Å². The molecule has 2 aliphatic heterocycles. The molecule has 2 aromatic rings. The van der Waals surface area contributed by atoms with Crippen molar-refractivity contribution in [3.8, 4) is 11.4 Å². The van der Waals surface area contributed by atoms with Crippen LogP contribution in [0.3, 0.4) is 0 Å². The molecule has 0 bridgehead atoms. The van der Waals surface area contributed by atoms with Crippen molar-refractivity contribution in [2.75, 3.05) is 19.7 Å². The van der Waals surface area contributed by atoms with Crippen molar-refractivity contribution in [3.05, 3.63) is 40.7 Å². The molecule has 5 rings (SSSR count).